The summed E-state index contributed by atoms with van der Waals surface area (Å²) in [5.74, 6) is 0.578. The van der Waals surface area contributed by atoms with E-state index in [1.807, 2.05) is 37.3 Å². The summed E-state index contributed by atoms with van der Waals surface area (Å²) in [7, 11) is 0. The van der Waals surface area contributed by atoms with E-state index in [2.05, 4.69) is 32.5 Å². The number of urea groups is 1. The van der Waals surface area contributed by atoms with Crippen LogP contribution in [0.2, 0.25) is 0 Å². The third-order valence-electron chi connectivity index (χ3n) is 7.02. The molecule has 10 nitrogen and oxygen atoms in total. The number of aryl methyl sites for hydroxylation is 1. The van der Waals surface area contributed by atoms with Gasteiger partial charge in [0.05, 0.1) is 28.6 Å². The van der Waals surface area contributed by atoms with E-state index in [4.69, 9.17) is 4.74 Å². The number of anilines is 3. The SMILES string of the molecule is C=CC(=O)N[C@@H]1CC[C@@H](NC(=O)c2sc3nccc4c3c2NC(=O)N4c2cnc(Oc3ccccc3)cc2C)C1. The van der Waals surface area contributed by atoms with Gasteiger partial charge in [-0.2, -0.15) is 0 Å². The van der Waals surface area contributed by atoms with Crippen molar-refractivity contribution in [2.75, 3.05) is 10.2 Å². The minimum Gasteiger partial charge on any atom is -0.439 e. The molecule has 1 aliphatic heterocycles. The fraction of sp³-hybridized carbons (Fsp3) is 0.207. The number of benzene rings is 1. The van der Waals surface area contributed by atoms with Gasteiger partial charge in [-0.1, -0.05) is 24.8 Å². The van der Waals surface area contributed by atoms with Crippen LogP contribution in [-0.2, 0) is 4.79 Å². The van der Waals surface area contributed by atoms with E-state index in [1.54, 1.807) is 29.4 Å². The Morgan fingerprint density at radius 1 is 1.12 bits per heavy atom. The van der Waals surface area contributed by atoms with Gasteiger partial charge in [-0.3, -0.25) is 14.5 Å². The zero-order valence-corrected chi connectivity index (χ0v) is 22.5. The summed E-state index contributed by atoms with van der Waals surface area (Å²) < 4.78 is 5.85. The summed E-state index contributed by atoms with van der Waals surface area (Å²) in [5.41, 5.74) is 2.45. The zero-order valence-electron chi connectivity index (χ0n) is 21.6. The van der Waals surface area contributed by atoms with Gasteiger partial charge in [-0.05, 0) is 56.0 Å². The Morgan fingerprint density at radius 2 is 1.90 bits per heavy atom. The lowest BCUT2D eigenvalue weighted by molar-refractivity contribution is -0.117. The molecule has 11 heteroatoms. The molecule has 0 spiro atoms. The van der Waals surface area contributed by atoms with Crippen LogP contribution in [0.1, 0.15) is 34.5 Å². The maximum absolute atomic E-state index is 13.5. The van der Waals surface area contributed by atoms with Gasteiger partial charge < -0.3 is 20.7 Å². The maximum Gasteiger partial charge on any atom is 0.331 e. The number of ether oxygens (including phenoxy) is 1. The molecule has 2 atom stereocenters. The topological polar surface area (TPSA) is 126 Å². The molecule has 6 rings (SSSR count). The van der Waals surface area contributed by atoms with Gasteiger partial charge in [0, 0.05) is 24.3 Å². The molecule has 2 aliphatic rings. The summed E-state index contributed by atoms with van der Waals surface area (Å²) in [6.07, 6.45) is 6.62. The number of para-hydroxylation sites is 1. The number of rotatable bonds is 7. The van der Waals surface area contributed by atoms with Crippen LogP contribution in [0, 0.1) is 6.92 Å². The highest BCUT2D eigenvalue weighted by Gasteiger charge is 2.35. The number of thiophene rings is 1. The molecule has 1 fully saturated rings. The van der Waals surface area contributed by atoms with Crippen molar-refractivity contribution in [1.29, 1.82) is 0 Å². The van der Waals surface area contributed by atoms with Crippen molar-refractivity contribution in [1.82, 2.24) is 20.6 Å². The molecule has 0 radical (unpaired) electrons. The molecule has 1 aliphatic carbocycles. The van der Waals surface area contributed by atoms with E-state index in [0.717, 1.165) is 18.4 Å². The van der Waals surface area contributed by atoms with Gasteiger partial charge in [0.25, 0.3) is 5.91 Å². The van der Waals surface area contributed by atoms with E-state index >= 15 is 0 Å². The van der Waals surface area contributed by atoms with Gasteiger partial charge >= 0.3 is 6.03 Å². The lowest BCUT2D eigenvalue weighted by atomic mass is 10.1. The monoisotopic (exact) mass is 554 g/mol. The molecular formula is C29H26N6O4S. The van der Waals surface area contributed by atoms with Crippen LogP contribution in [0.4, 0.5) is 21.9 Å². The fourth-order valence-electron chi connectivity index (χ4n) is 5.16. The predicted molar refractivity (Wildman–Crippen MR) is 154 cm³/mol. The van der Waals surface area contributed by atoms with Gasteiger partial charge in [0.1, 0.15) is 15.5 Å². The Balaban J connectivity index is 1.27. The van der Waals surface area contributed by atoms with Crippen molar-refractivity contribution in [2.45, 2.75) is 38.3 Å². The van der Waals surface area contributed by atoms with Gasteiger partial charge in [-0.15, -0.1) is 11.3 Å². The molecule has 4 heterocycles. The largest absolute Gasteiger partial charge is 0.439 e. The van der Waals surface area contributed by atoms with Gasteiger partial charge in [-0.25, -0.2) is 14.8 Å². The molecule has 202 valence electrons. The lowest BCUT2D eigenvalue weighted by Gasteiger charge is -2.29. The van der Waals surface area contributed by atoms with E-state index in [-0.39, 0.29) is 23.9 Å². The van der Waals surface area contributed by atoms with Crippen LogP contribution >= 0.6 is 11.3 Å². The van der Waals surface area contributed by atoms with Crippen molar-refractivity contribution in [3.63, 3.8) is 0 Å². The average Bonchev–Trinajstić information content (AvgIpc) is 3.55. The summed E-state index contributed by atoms with van der Waals surface area (Å²) in [5, 5.41) is 9.57. The first-order valence-electron chi connectivity index (χ1n) is 12.9. The molecule has 0 bridgehead atoms. The number of hydrogen-bond donors (Lipinski definition) is 3. The number of aromatic nitrogens is 2. The van der Waals surface area contributed by atoms with E-state index in [0.29, 0.717) is 50.2 Å². The first kappa shape index (κ1) is 25.5. The third-order valence-corrected chi connectivity index (χ3v) is 8.11. The molecule has 0 saturated heterocycles. The van der Waals surface area contributed by atoms with Crippen LogP contribution in [0.15, 0.2) is 67.5 Å². The third kappa shape index (κ3) is 4.75. The number of pyridine rings is 2. The molecule has 1 saturated carbocycles. The van der Waals surface area contributed by atoms with Gasteiger partial charge in [0.2, 0.25) is 11.8 Å². The predicted octanol–water partition coefficient (Wildman–Crippen LogP) is 5.43. The molecule has 4 aromatic rings. The first-order valence-corrected chi connectivity index (χ1v) is 13.7. The van der Waals surface area contributed by atoms with Crippen LogP contribution in [0.3, 0.4) is 0 Å². The summed E-state index contributed by atoms with van der Waals surface area (Å²) in [6.45, 7) is 5.37. The molecule has 40 heavy (non-hydrogen) atoms. The number of hydrogen-bond acceptors (Lipinski definition) is 7. The Kier molecular flexibility index (Phi) is 6.64. The Morgan fingerprint density at radius 3 is 2.65 bits per heavy atom. The average molecular weight is 555 g/mol. The van der Waals surface area contributed by atoms with Crippen LogP contribution < -0.4 is 25.6 Å². The normalized spacial score (nSPS) is 17.8. The van der Waals surface area contributed by atoms with Crippen molar-refractivity contribution in [3.8, 4) is 11.6 Å². The molecule has 1 aromatic carbocycles. The van der Waals surface area contributed by atoms with Crippen molar-refractivity contribution >= 4 is 56.5 Å². The van der Waals surface area contributed by atoms with E-state index in [9.17, 15) is 14.4 Å². The lowest BCUT2D eigenvalue weighted by Crippen LogP contribution is -2.37. The molecular weight excluding hydrogens is 528 g/mol. The summed E-state index contributed by atoms with van der Waals surface area (Å²) >= 11 is 1.23. The highest BCUT2D eigenvalue weighted by Crippen LogP contribution is 2.46. The Hall–Kier alpha value is -4.77. The summed E-state index contributed by atoms with van der Waals surface area (Å²) in [4.78, 5) is 49.9. The Bertz CT molecular complexity index is 1650. The van der Waals surface area contributed by atoms with Crippen LogP contribution in [0.25, 0.3) is 10.2 Å². The summed E-state index contributed by atoms with van der Waals surface area (Å²) in [6, 6.07) is 12.4. The highest BCUT2D eigenvalue weighted by atomic mass is 32.1. The highest BCUT2D eigenvalue weighted by molar-refractivity contribution is 7.21. The fourth-order valence-corrected chi connectivity index (χ4v) is 6.18. The standard InChI is InChI=1S/C29H26N6O4S/c1-3-22(36)32-17-9-10-18(14-17)33-27(37)26-25-24-20(11-12-30-28(24)40-26)35(29(38)34-25)21-15-31-23(13-16(21)2)39-19-7-5-4-6-8-19/h3-8,11-13,15,17-18H,1,9-10,14H2,2H3,(H,32,36)(H,33,37)(H,34,38)/t17-,18-/m1/s1. The molecule has 3 aromatic heterocycles. The number of nitrogens with zero attached hydrogens (tertiary/aromatic N) is 3. The second-order valence-electron chi connectivity index (χ2n) is 9.70. The Labute approximate surface area is 234 Å². The van der Waals surface area contributed by atoms with E-state index in [1.165, 1.54) is 17.4 Å². The smallest absolute Gasteiger partial charge is 0.331 e. The van der Waals surface area contributed by atoms with Crippen molar-refractivity contribution in [2.24, 2.45) is 0 Å². The zero-order chi connectivity index (χ0) is 27.8. The van der Waals surface area contributed by atoms with Crippen LogP contribution in [0.5, 0.6) is 11.6 Å². The second-order valence-corrected chi connectivity index (χ2v) is 10.7. The molecule has 0 unspecified atom stereocenters. The number of amides is 4. The maximum atomic E-state index is 13.5. The van der Waals surface area contributed by atoms with Crippen molar-refractivity contribution in [3.05, 3.63) is 78.0 Å². The number of carbonyl (C=O) groups is 3. The second kappa shape index (κ2) is 10.4. The minimum atomic E-state index is -0.401. The molecule has 4 amide bonds. The minimum absolute atomic E-state index is 0.0144. The van der Waals surface area contributed by atoms with Crippen LogP contribution in [-0.4, -0.2) is 39.9 Å². The quantitative estimate of drug-likeness (QED) is 0.262. The number of nitrogens with one attached hydrogen (secondary N) is 3. The first-order chi connectivity index (χ1) is 19.4. The number of carbonyl (C=O) groups excluding carboxylic acids is 3. The van der Waals surface area contributed by atoms with E-state index < -0.39 is 6.03 Å². The molecule has 3 N–H and O–H groups in total. The van der Waals surface area contributed by atoms with Crippen molar-refractivity contribution < 1.29 is 19.1 Å². The van der Waals surface area contributed by atoms with Gasteiger partial charge in [0.15, 0.2) is 0 Å².